The van der Waals surface area contributed by atoms with Crippen LogP contribution in [0.5, 0.6) is 0 Å². The quantitative estimate of drug-likeness (QED) is 0.0527. The summed E-state index contributed by atoms with van der Waals surface area (Å²) in [5.41, 5.74) is 1.13. The van der Waals surface area contributed by atoms with E-state index in [1.165, 1.54) is 20.8 Å². The van der Waals surface area contributed by atoms with Gasteiger partial charge in [0, 0.05) is 18.1 Å². The molecule has 0 aliphatic carbocycles. The SMILES string of the molecule is C=C(C)C(=O)OCCOC(=O)c1ccc(P(c2ccccc2)c2ccc(C(=O)/C(C)=N/OC(C)=O)cc2)cc1. The van der Waals surface area contributed by atoms with E-state index in [0.29, 0.717) is 11.1 Å². The highest BCUT2D eigenvalue weighted by Crippen LogP contribution is 2.33. The molecule has 0 amide bonds. The van der Waals surface area contributed by atoms with Gasteiger partial charge in [-0.1, -0.05) is 78.5 Å². The molecular formula is C30H28NO7P. The molecule has 0 bridgehead atoms. The average Bonchev–Trinajstić information content (AvgIpc) is 2.94. The molecule has 39 heavy (non-hydrogen) atoms. The van der Waals surface area contributed by atoms with Crippen LogP contribution in [0.1, 0.15) is 41.5 Å². The van der Waals surface area contributed by atoms with Gasteiger partial charge in [0.2, 0.25) is 5.78 Å². The summed E-state index contributed by atoms with van der Waals surface area (Å²) in [6, 6.07) is 24.3. The number of esters is 2. The highest BCUT2D eigenvalue weighted by Gasteiger charge is 2.19. The van der Waals surface area contributed by atoms with Crippen LogP contribution in [0.3, 0.4) is 0 Å². The van der Waals surface area contributed by atoms with Gasteiger partial charge in [-0.25, -0.2) is 14.4 Å². The number of nitrogens with zero attached hydrogens (tertiary/aromatic N) is 1. The van der Waals surface area contributed by atoms with E-state index in [1.807, 2.05) is 54.6 Å². The van der Waals surface area contributed by atoms with Crippen molar-refractivity contribution in [3.8, 4) is 0 Å². The minimum absolute atomic E-state index is 0.0531. The van der Waals surface area contributed by atoms with Crippen LogP contribution in [0.2, 0.25) is 0 Å². The van der Waals surface area contributed by atoms with Gasteiger partial charge in [-0.3, -0.25) is 4.79 Å². The summed E-state index contributed by atoms with van der Waals surface area (Å²) in [6.07, 6.45) is 0. The number of ketones is 1. The van der Waals surface area contributed by atoms with Gasteiger partial charge in [-0.2, -0.15) is 0 Å². The summed E-state index contributed by atoms with van der Waals surface area (Å²) in [5, 5.41) is 6.66. The van der Waals surface area contributed by atoms with Gasteiger partial charge in [-0.05, 0) is 49.8 Å². The highest BCUT2D eigenvalue weighted by atomic mass is 31.1. The van der Waals surface area contributed by atoms with Crippen LogP contribution in [0.15, 0.2) is 96.2 Å². The minimum Gasteiger partial charge on any atom is -0.459 e. The molecule has 200 valence electrons. The molecule has 0 aliphatic rings. The first-order valence-corrected chi connectivity index (χ1v) is 13.3. The molecule has 1 unspecified atom stereocenters. The van der Waals surface area contributed by atoms with Gasteiger partial charge in [0.25, 0.3) is 0 Å². The molecule has 0 heterocycles. The van der Waals surface area contributed by atoms with Crippen LogP contribution < -0.4 is 15.9 Å². The number of Topliss-reactive ketones (excluding diaryl/α,β-unsaturated/α-hetero) is 1. The molecule has 9 heteroatoms. The molecule has 0 aliphatic heterocycles. The number of oxime groups is 1. The molecule has 3 rings (SSSR count). The van der Waals surface area contributed by atoms with Crippen LogP contribution in [0.25, 0.3) is 0 Å². The van der Waals surface area contributed by atoms with E-state index in [9.17, 15) is 19.2 Å². The lowest BCUT2D eigenvalue weighted by atomic mass is 10.1. The molecule has 0 N–H and O–H groups in total. The Morgan fingerprint density at radius 1 is 0.718 bits per heavy atom. The standard InChI is InChI=1S/C30H28NO7P/c1-20(2)29(34)36-18-19-37-30(35)24-12-16-27(17-13-24)39(25-8-6-5-7-9-25)26-14-10-23(11-15-26)28(33)21(3)31-38-22(4)32/h5-17H,1,18-19H2,2-4H3/b31-21+. The number of hydrogen-bond acceptors (Lipinski definition) is 8. The summed E-state index contributed by atoms with van der Waals surface area (Å²) in [6.45, 7) is 7.62. The van der Waals surface area contributed by atoms with E-state index < -0.39 is 25.8 Å². The van der Waals surface area contributed by atoms with Crippen molar-refractivity contribution in [2.24, 2.45) is 5.16 Å². The third-order valence-corrected chi connectivity index (χ3v) is 7.74. The van der Waals surface area contributed by atoms with Gasteiger partial charge in [0.05, 0.1) is 5.56 Å². The first-order chi connectivity index (χ1) is 18.7. The Hall–Kier alpha value is -4.42. The van der Waals surface area contributed by atoms with Gasteiger partial charge in [0.1, 0.15) is 18.9 Å². The third kappa shape index (κ3) is 8.28. The van der Waals surface area contributed by atoms with Crippen molar-refractivity contribution < 1.29 is 33.5 Å². The number of benzene rings is 3. The second-order valence-corrected chi connectivity index (χ2v) is 10.6. The fraction of sp³-hybridized carbons (Fsp3) is 0.167. The Bertz CT molecular complexity index is 1380. The molecule has 0 aromatic heterocycles. The van der Waals surface area contributed by atoms with Crippen molar-refractivity contribution in [3.05, 3.63) is 102 Å². The third-order valence-electron chi connectivity index (χ3n) is 5.30. The van der Waals surface area contributed by atoms with E-state index in [-0.39, 0.29) is 30.3 Å². The van der Waals surface area contributed by atoms with Crippen molar-refractivity contribution in [3.63, 3.8) is 0 Å². The fourth-order valence-corrected chi connectivity index (χ4v) is 5.65. The smallest absolute Gasteiger partial charge is 0.338 e. The van der Waals surface area contributed by atoms with Crippen LogP contribution in [-0.4, -0.2) is 42.6 Å². The lowest BCUT2D eigenvalue weighted by Crippen LogP contribution is -2.21. The second-order valence-electron chi connectivity index (χ2n) is 8.41. The Balaban J connectivity index is 1.78. The average molecular weight is 546 g/mol. The maximum atomic E-state index is 12.6. The number of ether oxygens (including phenoxy) is 2. The molecule has 1 atom stereocenters. The number of rotatable bonds is 11. The number of carbonyl (C=O) groups is 4. The van der Waals surface area contributed by atoms with Crippen LogP contribution in [0, 0.1) is 0 Å². The normalized spacial score (nSPS) is 11.7. The molecule has 3 aromatic rings. The first-order valence-electron chi connectivity index (χ1n) is 12.0. The van der Waals surface area contributed by atoms with Crippen molar-refractivity contribution >= 4 is 53.2 Å². The zero-order chi connectivity index (χ0) is 28.4. The van der Waals surface area contributed by atoms with Crippen molar-refractivity contribution in [1.29, 1.82) is 0 Å². The maximum Gasteiger partial charge on any atom is 0.338 e. The Kier molecular flexibility index (Phi) is 10.4. The van der Waals surface area contributed by atoms with Gasteiger partial charge in [0.15, 0.2) is 0 Å². The van der Waals surface area contributed by atoms with E-state index >= 15 is 0 Å². The number of carbonyl (C=O) groups excluding carboxylic acids is 4. The second kappa shape index (κ2) is 13.9. The zero-order valence-electron chi connectivity index (χ0n) is 21.9. The predicted molar refractivity (Wildman–Crippen MR) is 150 cm³/mol. The maximum absolute atomic E-state index is 12.6. The van der Waals surface area contributed by atoms with Crippen molar-refractivity contribution in [2.75, 3.05) is 13.2 Å². The van der Waals surface area contributed by atoms with Crippen molar-refractivity contribution in [2.45, 2.75) is 20.8 Å². The topological polar surface area (TPSA) is 108 Å². The first kappa shape index (κ1) is 29.1. The largest absolute Gasteiger partial charge is 0.459 e. The summed E-state index contributed by atoms with van der Waals surface area (Å²) in [5.74, 6) is -2.00. The van der Waals surface area contributed by atoms with E-state index in [1.54, 1.807) is 24.3 Å². The fourth-order valence-electron chi connectivity index (χ4n) is 3.39. The molecule has 0 radical (unpaired) electrons. The summed E-state index contributed by atoms with van der Waals surface area (Å²) < 4.78 is 10.1. The van der Waals surface area contributed by atoms with E-state index in [4.69, 9.17) is 9.47 Å². The lowest BCUT2D eigenvalue weighted by Gasteiger charge is -2.20. The predicted octanol–water partition coefficient (Wildman–Crippen LogP) is 3.84. The van der Waals surface area contributed by atoms with Gasteiger partial charge in [-0.15, -0.1) is 0 Å². The van der Waals surface area contributed by atoms with E-state index in [2.05, 4.69) is 16.6 Å². The Morgan fingerprint density at radius 2 is 1.23 bits per heavy atom. The molecule has 3 aromatic carbocycles. The molecule has 0 fully saturated rings. The highest BCUT2D eigenvalue weighted by molar-refractivity contribution is 7.79. The summed E-state index contributed by atoms with van der Waals surface area (Å²) in [4.78, 5) is 52.1. The Morgan fingerprint density at radius 3 is 1.77 bits per heavy atom. The van der Waals surface area contributed by atoms with Crippen LogP contribution >= 0.6 is 7.92 Å². The molecule has 0 saturated heterocycles. The Labute approximate surface area is 228 Å². The van der Waals surface area contributed by atoms with Gasteiger partial charge >= 0.3 is 17.9 Å². The summed E-state index contributed by atoms with van der Waals surface area (Å²) >= 11 is 0. The molecular weight excluding hydrogens is 517 g/mol. The monoisotopic (exact) mass is 545 g/mol. The summed E-state index contributed by atoms with van der Waals surface area (Å²) in [7, 11) is -0.996. The van der Waals surface area contributed by atoms with Crippen LogP contribution in [0.4, 0.5) is 0 Å². The minimum atomic E-state index is -0.996. The van der Waals surface area contributed by atoms with E-state index in [0.717, 1.165) is 15.9 Å². The van der Waals surface area contributed by atoms with Gasteiger partial charge < -0.3 is 14.3 Å². The lowest BCUT2D eigenvalue weighted by molar-refractivity contribution is -0.141. The molecule has 0 spiro atoms. The molecule has 8 nitrogen and oxygen atoms in total. The van der Waals surface area contributed by atoms with Crippen LogP contribution in [-0.2, 0) is 23.9 Å². The van der Waals surface area contributed by atoms with Crippen molar-refractivity contribution in [1.82, 2.24) is 0 Å². The number of hydrogen-bond donors (Lipinski definition) is 0. The zero-order valence-corrected chi connectivity index (χ0v) is 22.8. The molecule has 0 saturated carbocycles.